The second-order valence-electron chi connectivity index (χ2n) is 7.41. The molecule has 164 valence electrons. The van der Waals surface area contributed by atoms with Crippen LogP contribution >= 0.6 is 11.3 Å². The van der Waals surface area contributed by atoms with Crippen molar-refractivity contribution in [3.05, 3.63) is 83.7 Å². The largest absolute Gasteiger partial charge is 0.497 e. The Kier molecular flexibility index (Phi) is 5.31. The van der Waals surface area contributed by atoms with Crippen LogP contribution in [-0.2, 0) is 11.3 Å². The molecule has 2 aromatic carbocycles. The maximum absolute atomic E-state index is 13.4. The molecule has 0 unspecified atom stereocenters. The normalized spacial score (nSPS) is 12.8. The summed E-state index contributed by atoms with van der Waals surface area (Å²) in [5.41, 5.74) is 2.13. The van der Waals surface area contributed by atoms with E-state index in [1.54, 1.807) is 55.9 Å². The molecule has 8 nitrogen and oxygen atoms in total. The van der Waals surface area contributed by atoms with E-state index >= 15 is 0 Å². The van der Waals surface area contributed by atoms with E-state index in [4.69, 9.17) is 4.74 Å². The van der Waals surface area contributed by atoms with E-state index in [1.165, 1.54) is 16.2 Å². The number of hydrogen-bond acceptors (Lipinski definition) is 7. The number of thiazole rings is 1. The number of hydrogen-bond donors (Lipinski definition) is 0. The minimum absolute atomic E-state index is 0.201. The van der Waals surface area contributed by atoms with E-state index in [-0.39, 0.29) is 13.1 Å². The topological polar surface area (TPSA) is 92.7 Å². The molecule has 0 saturated heterocycles. The predicted octanol–water partition coefficient (Wildman–Crippen LogP) is 3.53. The number of imide groups is 1. The standard InChI is InChI=1S/C24H18N4O4S/c1-32-16-8-9-19-20(11-16)33-24(26-19)27(13-15-5-4-10-25-12-15)21(29)14-28-22(30)17-6-2-3-7-18(17)23(28)31/h2-12H,13-14H2,1H3. The molecule has 9 heteroatoms. The van der Waals surface area contributed by atoms with Crippen molar-refractivity contribution in [3.63, 3.8) is 0 Å². The maximum Gasteiger partial charge on any atom is 0.262 e. The molecule has 3 amide bonds. The van der Waals surface area contributed by atoms with Gasteiger partial charge in [-0.25, -0.2) is 4.98 Å². The molecule has 0 bridgehead atoms. The van der Waals surface area contributed by atoms with Crippen LogP contribution in [0.1, 0.15) is 26.3 Å². The van der Waals surface area contributed by atoms with Crippen LogP contribution in [0.2, 0.25) is 0 Å². The summed E-state index contributed by atoms with van der Waals surface area (Å²) >= 11 is 1.33. The maximum atomic E-state index is 13.4. The molecule has 5 rings (SSSR count). The first-order chi connectivity index (χ1) is 16.0. The summed E-state index contributed by atoms with van der Waals surface area (Å²) in [4.78, 5) is 50.2. The number of aromatic nitrogens is 2. The predicted molar refractivity (Wildman–Crippen MR) is 123 cm³/mol. The number of pyridine rings is 1. The van der Waals surface area contributed by atoms with Crippen LogP contribution < -0.4 is 9.64 Å². The number of benzene rings is 2. The Bertz CT molecular complexity index is 1350. The molecule has 0 aliphatic carbocycles. The Morgan fingerprint density at radius 1 is 1.06 bits per heavy atom. The average Bonchev–Trinajstić information content (AvgIpc) is 3.37. The monoisotopic (exact) mass is 458 g/mol. The summed E-state index contributed by atoms with van der Waals surface area (Å²) in [6, 6.07) is 15.7. The highest BCUT2D eigenvalue weighted by Crippen LogP contribution is 2.32. The van der Waals surface area contributed by atoms with Gasteiger partial charge in [-0.3, -0.25) is 29.2 Å². The van der Waals surface area contributed by atoms with E-state index in [9.17, 15) is 14.4 Å². The van der Waals surface area contributed by atoms with Gasteiger partial charge in [0.25, 0.3) is 11.8 Å². The van der Waals surface area contributed by atoms with Crippen molar-refractivity contribution < 1.29 is 19.1 Å². The lowest BCUT2D eigenvalue weighted by molar-refractivity contribution is -0.119. The van der Waals surface area contributed by atoms with Crippen molar-refractivity contribution in [3.8, 4) is 5.75 Å². The highest BCUT2D eigenvalue weighted by Gasteiger charge is 2.37. The lowest BCUT2D eigenvalue weighted by Crippen LogP contribution is -2.42. The fraction of sp³-hybridized carbons (Fsp3) is 0.125. The molecule has 0 saturated carbocycles. The molecular weight excluding hydrogens is 440 g/mol. The van der Waals surface area contributed by atoms with E-state index in [0.29, 0.717) is 22.0 Å². The molecule has 1 aliphatic rings. The number of methoxy groups -OCH3 is 1. The second-order valence-corrected chi connectivity index (χ2v) is 8.42. The van der Waals surface area contributed by atoms with Crippen LogP contribution in [0, 0.1) is 0 Å². The van der Waals surface area contributed by atoms with Gasteiger partial charge < -0.3 is 4.74 Å². The summed E-state index contributed by atoms with van der Waals surface area (Å²) in [5, 5.41) is 0.462. The molecule has 0 radical (unpaired) electrons. The van der Waals surface area contributed by atoms with Crippen LogP contribution in [0.3, 0.4) is 0 Å². The number of nitrogens with zero attached hydrogens (tertiary/aromatic N) is 4. The molecule has 0 fully saturated rings. The van der Waals surface area contributed by atoms with Crippen molar-refractivity contribution in [2.24, 2.45) is 0 Å². The van der Waals surface area contributed by atoms with Gasteiger partial charge in [-0.2, -0.15) is 0 Å². The summed E-state index contributed by atoms with van der Waals surface area (Å²) in [7, 11) is 1.59. The summed E-state index contributed by atoms with van der Waals surface area (Å²) < 4.78 is 6.14. The van der Waals surface area contributed by atoms with Gasteiger partial charge in [0.15, 0.2) is 5.13 Å². The Morgan fingerprint density at radius 3 is 2.48 bits per heavy atom. The molecule has 3 heterocycles. The number of fused-ring (bicyclic) bond motifs is 2. The van der Waals surface area contributed by atoms with Crippen molar-refractivity contribution in [2.75, 3.05) is 18.6 Å². The van der Waals surface area contributed by atoms with Gasteiger partial charge in [0.1, 0.15) is 12.3 Å². The molecule has 0 spiro atoms. The quantitative estimate of drug-likeness (QED) is 0.411. The highest BCUT2D eigenvalue weighted by molar-refractivity contribution is 7.22. The van der Waals surface area contributed by atoms with Gasteiger partial charge in [0, 0.05) is 12.4 Å². The number of anilines is 1. The zero-order valence-corrected chi connectivity index (χ0v) is 18.4. The van der Waals surface area contributed by atoms with Gasteiger partial charge in [0.2, 0.25) is 5.91 Å². The van der Waals surface area contributed by atoms with E-state index < -0.39 is 17.7 Å². The molecule has 33 heavy (non-hydrogen) atoms. The number of amides is 3. The molecule has 0 atom stereocenters. The number of ether oxygens (including phenoxy) is 1. The Hall–Kier alpha value is -4.11. The zero-order valence-electron chi connectivity index (χ0n) is 17.6. The van der Waals surface area contributed by atoms with Gasteiger partial charge in [-0.15, -0.1) is 0 Å². The van der Waals surface area contributed by atoms with Crippen LogP contribution in [0.15, 0.2) is 67.0 Å². The lowest BCUT2D eigenvalue weighted by atomic mass is 10.1. The summed E-state index contributed by atoms with van der Waals surface area (Å²) in [6.45, 7) is -0.182. The minimum Gasteiger partial charge on any atom is -0.497 e. The molecule has 2 aromatic heterocycles. The molecule has 4 aromatic rings. The smallest absolute Gasteiger partial charge is 0.262 e. The summed E-state index contributed by atoms with van der Waals surface area (Å²) in [5.74, 6) is -0.674. The number of rotatable bonds is 6. The molecule has 1 aliphatic heterocycles. The first kappa shape index (κ1) is 20.8. The van der Waals surface area contributed by atoms with Crippen LogP contribution in [0.25, 0.3) is 10.2 Å². The second kappa shape index (κ2) is 8.44. The van der Waals surface area contributed by atoms with Crippen molar-refractivity contribution in [1.29, 1.82) is 0 Å². The molecular formula is C24H18N4O4S. The first-order valence-electron chi connectivity index (χ1n) is 10.1. The van der Waals surface area contributed by atoms with Gasteiger partial charge in [-0.1, -0.05) is 29.5 Å². The Morgan fingerprint density at radius 2 is 1.82 bits per heavy atom. The third kappa shape index (κ3) is 3.83. The molecule has 0 N–H and O–H groups in total. The van der Waals surface area contributed by atoms with Crippen LogP contribution in [-0.4, -0.2) is 46.2 Å². The van der Waals surface area contributed by atoms with Crippen molar-refractivity contribution >= 4 is 44.4 Å². The van der Waals surface area contributed by atoms with Crippen molar-refractivity contribution in [2.45, 2.75) is 6.54 Å². The SMILES string of the molecule is COc1ccc2nc(N(Cc3cccnc3)C(=O)CN3C(=O)c4ccccc4C3=O)sc2c1. The average molecular weight is 458 g/mol. The first-order valence-corrected chi connectivity index (χ1v) is 11.0. The highest BCUT2D eigenvalue weighted by atomic mass is 32.1. The van der Waals surface area contributed by atoms with E-state index in [1.807, 2.05) is 18.2 Å². The summed E-state index contributed by atoms with van der Waals surface area (Å²) in [6.07, 6.45) is 3.32. The van der Waals surface area contributed by atoms with E-state index in [0.717, 1.165) is 20.7 Å². The van der Waals surface area contributed by atoms with Crippen LogP contribution in [0.4, 0.5) is 5.13 Å². The lowest BCUT2D eigenvalue weighted by Gasteiger charge is -2.22. The van der Waals surface area contributed by atoms with Gasteiger partial charge in [-0.05, 0) is 42.0 Å². The third-order valence-electron chi connectivity index (χ3n) is 5.35. The Labute approximate surface area is 193 Å². The van der Waals surface area contributed by atoms with Crippen molar-refractivity contribution in [1.82, 2.24) is 14.9 Å². The van der Waals surface area contributed by atoms with Gasteiger partial charge in [0.05, 0.1) is 35.0 Å². The van der Waals surface area contributed by atoms with E-state index in [2.05, 4.69) is 9.97 Å². The fourth-order valence-corrected chi connectivity index (χ4v) is 4.69. The van der Waals surface area contributed by atoms with Gasteiger partial charge >= 0.3 is 0 Å². The zero-order chi connectivity index (χ0) is 22.9. The number of carbonyl (C=O) groups is 3. The third-order valence-corrected chi connectivity index (χ3v) is 6.39. The minimum atomic E-state index is -0.473. The Balaban J connectivity index is 1.48. The fourth-order valence-electron chi connectivity index (χ4n) is 3.68. The number of carbonyl (C=O) groups excluding carboxylic acids is 3. The van der Waals surface area contributed by atoms with Crippen LogP contribution in [0.5, 0.6) is 5.75 Å².